The minimum atomic E-state index is -0.645. The third-order valence-corrected chi connectivity index (χ3v) is 3.93. The van der Waals surface area contributed by atoms with E-state index in [2.05, 4.69) is 12.2 Å². The molecule has 1 aromatic rings. The van der Waals surface area contributed by atoms with Crippen molar-refractivity contribution in [2.75, 3.05) is 11.9 Å². The first-order valence-corrected chi connectivity index (χ1v) is 6.91. The lowest BCUT2D eigenvalue weighted by Crippen LogP contribution is -2.15. The highest BCUT2D eigenvalue weighted by Crippen LogP contribution is 2.31. The predicted octanol–water partition coefficient (Wildman–Crippen LogP) is 3.45. The summed E-state index contributed by atoms with van der Waals surface area (Å²) in [5.74, 6) is -0.0924. The van der Waals surface area contributed by atoms with E-state index in [-0.39, 0.29) is 16.2 Å². The molecule has 2 nitrogen and oxygen atoms in total. The van der Waals surface area contributed by atoms with Gasteiger partial charge in [-0.2, -0.15) is 0 Å². The van der Waals surface area contributed by atoms with Gasteiger partial charge in [0.25, 0.3) is 0 Å². The first kappa shape index (κ1) is 14.2. The molecule has 104 valence electrons. The van der Waals surface area contributed by atoms with E-state index < -0.39 is 11.6 Å². The van der Waals surface area contributed by atoms with Gasteiger partial charge in [0.05, 0.1) is 0 Å². The Balaban J connectivity index is 2.06. The highest BCUT2D eigenvalue weighted by Gasteiger charge is 2.22. The summed E-state index contributed by atoms with van der Waals surface area (Å²) in [6.45, 7) is 2.81. The Kier molecular flexibility index (Phi) is 4.34. The molecule has 1 saturated carbocycles. The van der Waals surface area contributed by atoms with Crippen LogP contribution in [0.3, 0.4) is 0 Å². The monoisotopic (exact) mass is 284 g/mol. The Bertz CT molecular complexity index is 467. The second-order valence-corrected chi connectivity index (χ2v) is 5.78. The molecule has 19 heavy (non-hydrogen) atoms. The van der Waals surface area contributed by atoms with E-state index in [0.717, 1.165) is 12.8 Å². The third-order valence-electron chi connectivity index (χ3n) is 3.70. The Hall–Kier alpha value is -1.23. The molecule has 1 fully saturated rings. The zero-order valence-electron chi connectivity index (χ0n) is 10.9. The van der Waals surface area contributed by atoms with Crippen molar-refractivity contribution in [3.05, 3.63) is 29.3 Å². The van der Waals surface area contributed by atoms with Crippen LogP contribution in [0.2, 0.25) is 0 Å². The van der Waals surface area contributed by atoms with E-state index in [1.807, 2.05) is 0 Å². The number of hydrogen-bond acceptors (Lipinski definition) is 2. The first-order valence-electron chi connectivity index (χ1n) is 6.50. The van der Waals surface area contributed by atoms with Gasteiger partial charge in [0, 0.05) is 12.1 Å². The minimum Gasteiger partial charge on any atom is -0.389 e. The van der Waals surface area contributed by atoms with Crippen molar-refractivity contribution in [1.82, 2.24) is 0 Å². The van der Waals surface area contributed by atoms with Crippen molar-refractivity contribution in [3.8, 4) is 0 Å². The molecule has 0 bridgehead atoms. The Morgan fingerprint density at radius 1 is 1.37 bits per heavy atom. The summed E-state index contributed by atoms with van der Waals surface area (Å²) in [5.41, 5.74) is 5.50. The van der Waals surface area contributed by atoms with Crippen LogP contribution in [0.15, 0.2) is 12.1 Å². The number of halogens is 2. The van der Waals surface area contributed by atoms with Gasteiger partial charge in [0.1, 0.15) is 22.3 Å². The van der Waals surface area contributed by atoms with Crippen LogP contribution in [0, 0.1) is 23.5 Å². The maximum absolute atomic E-state index is 13.8. The summed E-state index contributed by atoms with van der Waals surface area (Å²) in [6.07, 6.45) is 3.42. The largest absolute Gasteiger partial charge is 0.389 e. The topological polar surface area (TPSA) is 38.0 Å². The lowest BCUT2D eigenvalue weighted by atomic mass is 10.1. The molecule has 0 aliphatic heterocycles. The van der Waals surface area contributed by atoms with Crippen LogP contribution >= 0.6 is 12.2 Å². The van der Waals surface area contributed by atoms with Crippen molar-refractivity contribution < 1.29 is 8.78 Å². The maximum atomic E-state index is 13.8. The Morgan fingerprint density at radius 3 is 2.47 bits per heavy atom. The molecule has 1 aliphatic carbocycles. The van der Waals surface area contributed by atoms with E-state index in [0.29, 0.717) is 18.4 Å². The number of rotatable bonds is 4. The molecular formula is C14H18F2N2S. The van der Waals surface area contributed by atoms with Gasteiger partial charge in [-0.05, 0) is 36.8 Å². The first-order chi connectivity index (χ1) is 8.97. The molecule has 2 atom stereocenters. The Labute approximate surface area is 117 Å². The van der Waals surface area contributed by atoms with Crippen LogP contribution in [-0.2, 0) is 0 Å². The van der Waals surface area contributed by atoms with Crippen LogP contribution in [0.5, 0.6) is 0 Å². The molecule has 0 saturated heterocycles. The zero-order chi connectivity index (χ0) is 14.0. The summed E-state index contributed by atoms with van der Waals surface area (Å²) in [6, 6.07) is 2.34. The second-order valence-electron chi connectivity index (χ2n) is 5.34. The van der Waals surface area contributed by atoms with Crippen molar-refractivity contribution in [2.24, 2.45) is 17.6 Å². The Morgan fingerprint density at radius 2 is 2.00 bits per heavy atom. The number of hydrogen-bond donors (Lipinski definition) is 2. The number of benzene rings is 1. The lowest BCUT2D eigenvalue weighted by molar-refractivity contribution is 0.530. The van der Waals surface area contributed by atoms with Crippen LogP contribution in [0.1, 0.15) is 31.7 Å². The van der Waals surface area contributed by atoms with Crippen molar-refractivity contribution in [2.45, 2.75) is 26.2 Å². The average Bonchev–Trinajstić information content (AvgIpc) is 2.73. The molecule has 2 unspecified atom stereocenters. The standard InChI is InChI=1S/C14H18F2N2S/c1-8-2-3-9(4-8)7-18-13-11(15)5-10(14(17)19)6-12(13)16/h5-6,8-9,18H,2-4,7H2,1H3,(H2,17,19). The smallest absolute Gasteiger partial charge is 0.150 e. The zero-order valence-corrected chi connectivity index (χ0v) is 11.7. The number of thiocarbonyl (C=S) groups is 1. The van der Waals surface area contributed by atoms with Crippen LogP contribution in [-0.4, -0.2) is 11.5 Å². The summed E-state index contributed by atoms with van der Waals surface area (Å²) in [7, 11) is 0. The predicted molar refractivity (Wildman–Crippen MR) is 77.2 cm³/mol. The molecule has 0 aromatic heterocycles. The molecule has 1 aromatic carbocycles. The van der Waals surface area contributed by atoms with Gasteiger partial charge in [0.15, 0.2) is 0 Å². The molecule has 2 rings (SSSR count). The van der Waals surface area contributed by atoms with Crippen LogP contribution < -0.4 is 11.1 Å². The summed E-state index contributed by atoms with van der Waals surface area (Å²) < 4.78 is 27.6. The van der Waals surface area contributed by atoms with Gasteiger partial charge < -0.3 is 11.1 Å². The molecule has 0 spiro atoms. The van der Waals surface area contributed by atoms with Crippen LogP contribution in [0.4, 0.5) is 14.5 Å². The van der Waals surface area contributed by atoms with Gasteiger partial charge in [-0.15, -0.1) is 0 Å². The molecule has 3 N–H and O–H groups in total. The van der Waals surface area contributed by atoms with Crippen molar-refractivity contribution >= 4 is 22.9 Å². The fourth-order valence-electron chi connectivity index (χ4n) is 2.64. The normalized spacial score (nSPS) is 22.5. The van der Waals surface area contributed by atoms with E-state index in [1.54, 1.807) is 0 Å². The fourth-order valence-corrected chi connectivity index (χ4v) is 2.76. The minimum absolute atomic E-state index is 0.00559. The highest BCUT2D eigenvalue weighted by molar-refractivity contribution is 7.80. The SMILES string of the molecule is CC1CCC(CNc2c(F)cc(C(N)=S)cc2F)C1. The summed E-state index contributed by atoms with van der Waals surface area (Å²) in [5, 5.41) is 2.88. The van der Waals surface area contributed by atoms with E-state index >= 15 is 0 Å². The quantitative estimate of drug-likeness (QED) is 0.832. The number of anilines is 1. The molecule has 5 heteroatoms. The lowest BCUT2D eigenvalue weighted by Gasteiger charge is -2.14. The van der Waals surface area contributed by atoms with E-state index in [9.17, 15) is 8.78 Å². The highest BCUT2D eigenvalue weighted by atomic mass is 32.1. The van der Waals surface area contributed by atoms with Crippen molar-refractivity contribution in [3.63, 3.8) is 0 Å². The van der Waals surface area contributed by atoms with E-state index in [1.165, 1.54) is 18.6 Å². The van der Waals surface area contributed by atoms with E-state index in [4.69, 9.17) is 18.0 Å². The van der Waals surface area contributed by atoms with Gasteiger partial charge >= 0.3 is 0 Å². The second kappa shape index (κ2) is 5.82. The third kappa shape index (κ3) is 3.41. The number of nitrogens with one attached hydrogen (secondary N) is 1. The van der Waals surface area contributed by atoms with Gasteiger partial charge in [-0.25, -0.2) is 8.78 Å². The summed E-state index contributed by atoms with van der Waals surface area (Å²) >= 11 is 4.71. The molecule has 0 radical (unpaired) electrons. The summed E-state index contributed by atoms with van der Waals surface area (Å²) in [4.78, 5) is -0.00559. The van der Waals surface area contributed by atoms with Gasteiger partial charge in [-0.1, -0.05) is 25.6 Å². The average molecular weight is 284 g/mol. The maximum Gasteiger partial charge on any atom is 0.150 e. The molecular weight excluding hydrogens is 266 g/mol. The molecule has 1 aliphatic rings. The number of nitrogens with two attached hydrogens (primary N) is 1. The van der Waals surface area contributed by atoms with Crippen LogP contribution in [0.25, 0.3) is 0 Å². The van der Waals surface area contributed by atoms with Gasteiger partial charge in [-0.3, -0.25) is 0 Å². The van der Waals surface area contributed by atoms with Crippen molar-refractivity contribution in [1.29, 1.82) is 0 Å². The molecule has 0 amide bonds. The van der Waals surface area contributed by atoms with Gasteiger partial charge in [0.2, 0.25) is 0 Å². The fraction of sp³-hybridized carbons (Fsp3) is 0.500. The molecule has 0 heterocycles.